The zero-order valence-corrected chi connectivity index (χ0v) is 12.3. The molecule has 3 aromatic rings. The Balaban J connectivity index is 1.59. The van der Waals surface area contributed by atoms with Crippen molar-refractivity contribution >= 4 is 39.7 Å². The summed E-state index contributed by atoms with van der Waals surface area (Å²) in [6, 6.07) is 9.47. The smallest absolute Gasteiger partial charge is 0.263 e. The fraction of sp³-hybridized carbons (Fsp3) is 0.0667. The molecule has 0 unspecified atom stereocenters. The molecule has 22 heavy (non-hydrogen) atoms. The van der Waals surface area contributed by atoms with Gasteiger partial charge in [0.2, 0.25) is 5.91 Å². The van der Waals surface area contributed by atoms with E-state index >= 15 is 0 Å². The molecular formula is C15H12N4O2S. The van der Waals surface area contributed by atoms with E-state index in [9.17, 15) is 9.59 Å². The van der Waals surface area contributed by atoms with Crippen LogP contribution in [0.4, 0.5) is 5.69 Å². The number of amides is 2. The monoisotopic (exact) mass is 312 g/mol. The van der Waals surface area contributed by atoms with Gasteiger partial charge in [-0.2, -0.15) is 0 Å². The Labute approximate surface area is 130 Å². The van der Waals surface area contributed by atoms with Crippen LogP contribution in [0.3, 0.4) is 0 Å². The summed E-state index contributed by atoms with van der Waals surface area (Å²) in [7, 11) is 0. The maximum atomic E-state index is 11.9. The molecular weight excluding hydrogens is 300 g/mol. The Kier molecular flexibility index (Phi) is 4.06. The third-order valence-electron chi connectivity index (χ3n) is 2.94. The molecule has 1 aromatic carbocycles. The Bertz CT molecular complexity index is 817. The lowest BCUT2D eigenvalue weighted by Gasteiger charge is -2.07. The molecule has 0 spiro atoms. The highest BCUT2D eigenvalue weighted by Gasteiger charge is 2.09. The first-order valence-electron chi connectivity index (χ1n) is 6.54. The van der Waals surface area contributed by atoms with E-state index in [1.165, 1.54) is 17.5 Å². The second-order valence-electron chi connectivity index (χ2n) is 4.51. The molecule has 2 heterocycles. The summed E-state index contributed by atoms with van der Waals surface area (Å²) in [5.74, 6) is -0.621. The standard InChI is InChI=1S/C15H12N4O2S/c20-14(8-18-15(21)13-7-16-9-22-13)19-11-5-10-3-1-2-4-12(10)17-6-11/h1-7,9H,8H2,(H,18,21)(H,19,20). The fourth-order valence-electron chi connectivity index (χ4n) is 1.92. The molecule has 2 aromatic heterocycles. The van der Waals surface area contributed by atoms with E-state index in [0.29, 0.717) is 10.6 Å². The highest BCUT2D eigenvalue weighted by atomic mass is 32.1. The van der Waals surface area contributed by atoms with Gasteiger partial charge in [-0.15, -0.1) is 11.3 Å². The molecule has 0 radical (unpaired) electrons. The van der Waals surface area contributed by atoms with Gasteiger partial charge < -0.3 is 10.6 Å². The molecule has 110 valence electrons. The van der Waals surface area contributed by atoms with Crippen molar-refractivity contribution in [3.63, 3.8) is 0 Å². The number of aromatic nitrogens is 2. The maximum absolute atomic E-state index is 11.9. The fourth-order valence-corrected chi connectivity index (χ4v) is 2.46. The van der Waals surface area contributed by atoms with E-state index in [1.54, 1.807) is 11.7 Å². The van der Waals surface area contributed by atoms with E-state index < -0.39 is 0 Å². The molecule has 0 saturated carbocycles. The Hall–Kier alpha value is -2.80. The summed E-state index contributed by atoms with van der Waals surface area (Å²) < 4.78 is 0. The second-order valence-corrected chi connectivity index (χ2v) is 5.40. The summed E-state index contributed by atoms with van der Waals surface area (Å²) in [6.07, 6.45) is 3.05. The van der Waals surface area contributed by atoms with Crippen molar-refractivity contribution in [3.8, 4) is 0 Å². The Morgan fingerprint density at radius 3 is 2.86 bits per heavy atom. The third kappa shape index (κ3) is 3.26. The highest BCUT2D eigenvalue weighted by Crippen LogP contribution is 2.15. The van der Waals surface area contributed by atoms with Crippen LogP contribution < -0.4 is 10.6 Å². The SMILES string of the molecule is O=C(CNC(=O)c1cncs1)Nc1cnc2ccccc2c1. The summed E-state index contributed by atoms with van der Waals surface area (Å²) in [4.78, 5) is 32.1. The molecule has 7 heteroatoms. The average Bonchev–Trinajstić information content (AvgIpc) is 3.07. The zero-order valence-electron chi connectivity index (χ0n) is 11.4. The average molecular weight is 312 g/mol. The minimum absolute atomic E-state index is 0.108. The number of anilines is 1. The molecule has 3 rings (SSSR count). The number of carbonyl (C=O) groups excluding carboxylic acids is 2. The molecule has 0 saturated heterocycles. The number of thiazole rings is 1. The number of fused-ring (bicyclic) bond motifs is 1. The van der Waals surface area contributed by atoms with Gasteiger partial charge in [0.25, 0.3) is 5.91 Å². The first-order valence-corrected chi connectivity index (χ1v) is 7.42. The van der Waals surface area contributed by atoms with Crippen LogP contribution in [0, 0.1) is 0 Å². The van der Waals surface area contributed by atoms with Gasteiger partial charge in [0.1, 0.15) is 4.88 Å². The molecule has 2 N–H and O–H groups in total. The Morgan fingerprint density at radius 1 is 1.18 bits per heavy atom. The van der Waals surface area contributed by atoms with Crippen LogP contribution in [-0.2, 0) is 4.79 Å². The normalized spacial score (nSPS) is 10.4. The number of hydrogen-bond donors (Lipinski definition) is 2. The van der Waals surface area contributed by atoms with Crippen molar-refractivity contribution < 1.29 is 9.59 Å². The van der Waals surface area contributed by atoms with Crippen LogP contribution in [0.5, 0.6) is 0 Å². The summed E-state index contributed by atoms with van der Waals surface area (Å²) in [5.41, 5.74) is 3.02. The van der Waals surface area contributed by atoms with Crippen LogP contribution in [0.1, 0.15) is 9.67 Å². The lowest BCUT2D eigenvalue weighted by atomic mass is 10.2. The number of rotatable bonds is 4. The van der Waals surface area contributed by atoms with Crippen LogP contribution in [0.25, 0.3) is 10.9 Å². The lowest BCUT2D eigenvalue weighted by Crippen LogP contribution is -2.32. The van der Waals surface area contributed by atoms with E-state index in [0.717, 1.165) is 10.9 Å². The van der Waals surface area contributed by atoms with Crippen LogP contribution in [0.15, 0.2) is 48.2 Å². The second kappa shape index (κ2) is 6.31. The van der Waals surface area contributed by atoms with Gasteiger partial charge in [0.15, 0.2) is 0 Å². The van der Waals surface area contributed by atoms with Crippen LogP contribution >= 0.6 is 11.3 Å². The summed E-state index contributed by atoms with van der Waals surface area (Å²) in [6.45, 7) is -0.108. The van der Waals surface area contributed by atoms with Crippen molar-refractivity contribution in [2.24, 2.45) is 0 Å². The number of pyridine rings is 1. The van der Waals surface area contributed by atoms with Gasteiger partial charge in [0.05, 0.1) is 35.7 Å². The van der Waals surface area contributed by atoms with Crippen LogP contribution in [-0.4, -0.2) is 28.3 Å². The van der Waals surface area contributed by atoms with Crippen LogP contribution in [0.2, 0.25) is 0 Å². The van der Waals surface area contributed by atoms with Crippen molar-refractivity contribution in [3.05, 3.63) is 53.1 Å². The first kappa shape index (κ1) is 14.2. The predicted octanol–water partition coefficient (Wildman–Crippen LogP) is 2.06. The molecule has 0 aliphatic heterocycles. The lowest BCUT2D eigenvalue weighted by molar-refractivity contribution is -0.115. The largest absolute Gasteiger partial charge is 0.342 e. The molecule has 2 amide bonds. The molecule has 0 atom stereocenters. The van der Waals surface area contributed by atoms with Gasteiger partial charge >= 0.3 is 0 Å². The molecule has 0 fully saturated rings. The molecule has 0 bridgehead atoms. The topological polar surface area (TPSA) is 84.0 Å². The first-order chi connectivity index (χ1) is 10.7. The van der Waals surface area contributed by atoms with Crippen molar-refractivity contribution in [1.29, 1.82) is 0 Å². The molecule has 0 aliphatic rings. The highest BCUT2D eigenvalue weighted by molar-refractivity contribution is 7.11. The van der Waals surface area contributed by atoms with E-state index in [2.05, 4.69) is 20.6 Å². The van der Waals surface area contributed by atoms with Gasteiger partial charge in [-0.3, -0.25) is 19.6 Å². The summed E-state index contributed by atoms with van der Waals surface area (Å²) in [5, 5.41) is 6.19. The van der Waals surface area contributed by atoms with Crippen molar-refractivity contribution in [1.82, 2.24) is 15.3 Å². The number of benzene rings is 1. The number of carbonyl (C=O) groups is 2. The van der Waals surface area contributed by atoms with Gasteiger partial charge in [-0.25, -0.2) is 0 Å². The maximum Gasteiger partial charge on any atom is 0.263 e. The number of hydrogen-bond acceptors (Lipinski definition) is 5. The minimum atomic E-state index is -0.311. The third-order valence-corrected chi connectivity index (χ3v) is 3.71. The summed E-state index contributed by atoms with van der Waals surface area (Å²) >= 11 is 1.22. The van der Waals surface area contributed by atoms with Crippen molar-refractivity contribution in [2.45, 2.75) is 0 Å². The zero-order chi connectivity index (χ0) is 15.4. The minimum Gasteiger partial charge on any atom is -0.342 e. The van der Waals surface area contributed by atoms with E-state index in [4.69, 9.17) is 0 Å². The number of nitrogens with one attached hydrogen (secondary N) is 2. The van der Waals surface area contributed by atoms with Gasteiger partial charge in [-0.05, 0) is 12.1 Å². The molecule has 6 nitrogen and oxygen atoms in total. The molecule has 0 aliphatic carbocycles. The Morgan fingerprint density at radius 2 is 2.05 bits per heavy atom. The quantitative estimate of drug-likeness (QED) is 0.772. The van der Waals surface area contributed by atoms with Gasteiger partial charge in [-0.1, -0.05) is 18.2 Å². The van der Waals surface area contributed by atoms with Gasteiger partial charge in [0, 0.05) is 5.39 Å². The number of nitrogens with zero attached hydrogens (tertiary/aromatic N) is 2. The van der Waals surface area contributed by atoms with Crippen molar-refractivity contribution in [2.75, 3.05) is 11.9 Å². The predicted molar refractivity (Wildman–Crippen MR) is 84.8 cm³/mol. The van der Waals surface area contributed by atoms with E-state index in [-0.39, 0.29) is 18.4 Å². The van der Waals surface area contributed by atoms with E-state index in [1.807, 2.05) is 30.3 Å². The number of para-hydroxylation sites is 1.